The highest BCUT2D eigenvalue weighted by Gasteiger charge is 2.31. The van der Waals surface area contributed by atoms with Crippen molar-refractivity contribution in [2.24, 2.45) is 5.73 Å². The van der Waals surface area contributed by atoms with Crippen molar-refractivity contribution in [2.75, 3.05) is 19.7 Å². The minimum atomic E-state index is -4.59. The van der Waals surface area contributed by atoms with Gasteiger partial charge in [0.05, 0.1) is 28.1 Å². The molecule has 3 aromatic rings. The predicted molar refractivity (Wildman–Crippen MR) is 105 cm³/mol. The van der Waals surface area contributed by atoms with Gasteiger partial charge in [0.1, 0.15) is 18.1 Å². The van der Waals surface area contributed by atoms with Gasteiger partial charge < -0.3 is 20.2 Å². The molecule has 6 nitrogen and oxygen atoms in total. The number of benzene rings is 2. The zero-order valence-electron chi connectivity index (χ0n) is 15.4. The normalized spacial score (nSPS) is 11.6. The summed E-state index contributed by atoms with van der Waals surface area (Å²) in [6, 6.07) is 8.67. The highest BCUT2D eigenvalue weighted by atomic mass is 35.5. The summed E-state index contributed by atoms with van der Waals surface area (Å²) in [7, 11) is 0. The second-order valence-electron chi connectivity index (χ2n) is 6.29. The number of hydrogen-bond acceptors (Lipinski definition) is 5. The minimum Gasteiger partial charge on any atom is -0.491 e. The number of halogens is 4. The van der Waals surface area contributed by atoms with Gasteiger partial charge in [-0.2, -0.15) is 13.2 Å². The number of nitrogens with one attached hydrogen (secondary N) is 1. The summed E-state index contributed by atoms with van der Waals surface area (Å²) in [6.07, 6.45) is -4.59. The Kier molecular flexibility index (Phi) is 6.33. The van der Waals surface area contributed by atoms with Gasteiger partial charge in [-0.3, -0.25) is 9.59 Å². The first-order valence-electron chi connectivity index (χ1n) is 8.72. The molecule has 0 saturated carbocycles. The largest absolute Gasteiger partial charge is 0.491 e. The van der Waals surface area contributed by atoms with Crippen LogP contribution in [0.3, 0.4) is 0 Å². The highest BCUT2D eigenvalue weighted by Crippen LogP contribution is 2.38. The van der Waals surface area contributed by atoms with Gasteiger partial charge in [-0.1, -0.05) is 17.7 Å². The number of fused-ring (bicyclic) bond motifs is 1. The Hall–Kier alpha value is -3.04. The molecule has 0 aliphatic rings. The third-order valence-corrected chi connectivity index (χ3v) is 4.41. The summed E-state index contributed by atoms with van der Waals surface area (Å²) in [5.41, 5.74) is 3.95. The fourth-order valence-electron chi connectivity index (χ4n) is 2.74. The van der Waals surface area contributed by atoms with E-state index in [2.05, 4.69) is 5.32 Å². The molecule has 0 fully saturated rings. The number of rotatable bonds is 7. The molecule has 0 atom stereocenters. The summed E-state index contributed by atoms with van der Waals surface area (Å²) < 4.78 is 50.6. The summed E-state index contributed by atoms with van der Waals surface area (Å²) in [5, 5.41) is 3.13. The van der Waals surface area contributed by atoms with E-state index in [4.69, 9.17) is 26.5 Å². The lowest BCUT2D eigenvalue weighted by molar-refractivity contribution is -0.137. The maximum absolute atomic E-state index is 13.1. The van der Waals surface area contributed by atoms with E-state index >= 15 is 0 Å². The topological polar surface area (TPSA) is 94.6 Å². The van der Waals surface area contributed by atoms with Crippen LogP contribution in [0.15, 0.2) is 51.7 Å². The van der Waals surface area contributed by atoms with Crippen molar-refractivity contribution >= 4 is 28.5 Å². The smallest absolute Gasteiger partial charge is 0.416 e. The van der Waals surface area contributed by atoms with E-state index in [-0.39, 0.29) is 52.8 Å². The minimum absolute atomic E-state index is 0.00872. The number of hydrogen-bond donors (Lipinski definition) is 2. The Morgan fingerprint density at radius 3 is 2.67 bits per heavy atom. The van der Waals surface area contributed by atoms with Crippen molar-refractivity contribution in [1.29, 1.82) is 0 Å². The van der Waals surface area contributed by atoms with Crippen LogP contribution in [0.2, 0.25) is 5.02 Å². The molecular formula is C20H16ClF3N2O4. The molecule has 158 valence electrons. The van der Waals surface area contributed by atoms with Gasteiger partial charge in [-0.25, -0.2) is 0 Å². The Morgan fingerprint density at radius 2 is 1.97 bits per heavy atom. The number of ether oxygens (including phenoxy) is 1. The summed E-state index contributed by atoms with van der Waals surface area (Å²) in [4.78, 5) is 23.2. The number of para-hydroxylation sites is 1. The molecule has 0 bridgehead atoms. The Balaban J connectivity index is 2.01. The molecule has 30 heavy (non-hydrogen) atoms. The molecule has 0 aliphatic heterocycles. The van der Waals surface area contributed by atoms with E-state index in [9.17, 15) is 22.8 Å². The van der Waals surface area contributed by atoms with Crippen LogP contribution in [-0.2, 0) is 11.0 Å². The van der Waals surface area contributed by atoms with Crippen molar-refractivity contribution in [1.82, 2.24) is 5.32 Å². The maximum Gasteiger partial charge on any atom is 0.416 e. The highest BCUT2D eigenvalue weighted by molar-refractivity contribution is 6.34. The van der Waals surface area contributed by atoms with E-state index in [1.807, 2.05) is 0 Å². The van der Waals surface area contributed by atoms with E-state index in [1.165, 1.54) is 18.2 Å². The van der Waals surface area contributed by atoms with Crippen molar-refractivity contribution in [3.8, 4) is 17.1 Å². The number of nitrogens with two attached hydrogens (primary N) is 1. The number of alkyl halides is 3. The Bertz CT molecular complexity index is 1150. The monoisotopic (exact) mass is 440 g/mol. The van der Waals surface area contributed by atoms with E-state index in [1.54, 1.807) is 6.07 Å². The molecular weight excluding hydrogens is 425 g/mol. The van der Waals surface area contributed by atoms with E-state index in [0.29, 0.717) is 0 Å². The van der Waals surface area contributed by atoms with Crippen LogP contribution in [0.5, 0.6) is 5.75 Å². The molecule has 1 amide bonds. The second-order valence-corrected chi connectivity index (χ2v) is 6.70. The molecule has 0 aliphatic carbocycles. The van der Waals surface area contributed by atoms with Crippen LogP contribution in [-0.4, -0.2) is 25.6 Å². The number of amides is 1. The van der Waals surface area contributed by atoms with Gasteiger partial charge in [-0.05, 0) is 30.3 Å². The second kappa shape index (κ2) is 8.76. The molecule has 10 heteroatoms. The predicted octanol–water partition coefficient (Wildman–Crippen LogP) is 3.59. The molecule has 1 aromatic heterocycles. The average Bonchev–Trinajstić information content (AvgIpc) is 2.67. The Morgan fingerprint density at radius 1 is 1.20 bits per heavy atom. The zero-order valence-corrected chi connectivity index (χ0v) is 16.1. The van der Waals surface area contributed by atoms with E-state index < -0.39 is 23.1 Å². The molecule has 0 spiro atoms. The first-order valence-corrected chi connectivity index (χ1v) is 9.10. The third kappa shape index (κ3) is 4.92. The lowest BCUT2D eigenvalue weighted by Gasteiger charge is -2.15. The van der Waals surface area contributed by atoms with Gasteiger partial charge in [0.25, 0.3) is 0 Å². The molecule has 3 N–H and O–H groups in total. The van der Waals surface area contributed by atoms with Gasteiger partial charge in [0.15, 0.2) is 11.0 Å². The standard InChI is InChI=1S/C20H16ClF3N2O4/c21-14-3-1-2-12-15(27)9-17(30-19(12)14)13-5-4-11(20(22,23)24)8-16(13)29-7-6-26-10-18(25)28/h1-5,8-9,26H,6-7,10H2,(H2,25,28). The first-order chi connectivity index (χ1) is 14.2. The first kappa shape index (κ1) is 21.7. The molecule has 3 rings (SSSR count). The van der Waals surface area contributed by atoms with Crippen LogP contribution < -0.4 is 21.2 Å². The number of carbonyl (C=O) groups excluding carboxylic acids is 1. The average molecular weight is 441 g/mol. The number of primary amides is 1. The van der Waals surface area contributed by atoms with Gasteiger partial charge in [-0.15, -0.1) is 0 Å². The van der Waals surface area contributed by atoms with Crippen LogP contribution >= 0.6 is 11.6 Å². The van der Waals surface area contributed by atoms with Crippen molar-refractivity contribution in [3.63, 3.8) is 0 Å². The molecule has 2 aromatic carbocycles. The summed E-state index contributed by atoms with van der Waals surface area (Å²) in [6.45, 7) is 0.00311. The lowest BCUT2D eigenvalue weighted by atomic mass is 10.1. The Labute approximate surface area is 173 Å². The summed E-state index contributed by atoms with van der Waals surface area (Å²) >= 11 is 6.10. The number of carbonyl (C=O) groups is 1. The van der Waals surface area contributed by atoms with Crippen LogP contribution in [0, 0.1) is 0 Å². The molecule has 0 radical (unpaired) electrons. The fourth-order valence-corrected chi connectivity index (χ4v) is 2.96. The van der Waals surface area contributed by atoms with E-state index in [0.717, 1.165) is 18.2 Å². The quantitative estimate of drug-likeness (QED) is 0.547. The van der Waals surface area contributed by atoms with Crippen LogP contribution in [0.1, 0.15) is 5.56 Å². The lowest BCUT2D eigenvalue weighted by Crippen LogP contribution is -2.31. The fraction of sp³-hybridized carbons (Fsp3) is 0.200. The van der Waals surface area contributed by atoms with Gasteiger partial charge >= 0.3 is 6.18 Å². The SMILES string of the molecule is NC(=O)CNCCOc1cc(C(F)(F)F)ccc1-c1cc(=O)c2cccc(Cl)c2o1. The van der Waals surface area contributed by atoms with Crippen molar-refractivity contribution in [3.05, 3.63) is 63.3 Å². The molecule has 0 saturated heterocycles. The van der Waals surface area contributed by atoms with Crippen LogP contribution in [0.25, 0.3) is 22.3 Å². The van der Waals surface area contributed by atoms with Gasteiger partial charge in [0, 0.05) is 12.6 Å². The van der Waals surface area contributed by atoms with Crippen LogP contribution in [0.4, 0.5) is 13.2 Å². The zero-order chi connectivity index (χ0) is 21.9. The van der Waals surface area contributed by atoms with Gasteiger partial charge in [0.2, 0.25) is 5.91 Å². The van der Waals surface area contributed by atoms with Crippen molar-refractivity contribution < 1.29 is 27.1 Å². The van der Waals surface area contributed by atoms with Crippen molar-refractivity contribution in [2.45, 2.75) is 6.18 Å². The molecule has 1 heterocycles. The summed E-state index contributed by atoms with van der Waals surface area (Å²) in [5.74, 6) is -0.709. The molecule has 0 unspecified atom stereocenters. The third-order valence-electron chi connectivity index (χ3n) is 4.12. The maximum atomic E-state index is 13.1.